The maximum atomic E-state index is 12.5. The van der Waals surface area contributed by atoms with Crippen LogP contribution in [0.25, 0.3) is 0 Å². The minimum Gasteiger partial charge on any atom is -0.325 e. The van der Waals surface area contributed by atoms with Crippen LogP contribution in [0.1, 0.15) is 33.0 Å². The molecule has 1 amide bonds. The van der Waals surface area contributed by atoms with E-state index in [1.165, 1.54) is 16.7 Å². The monoisotopic (exact) mass is 310 g/mol. The van der Waals surface area contributed by atoms with E-state index in [1.807, 2.05) is 23.6 Å². The second-order valence-corrected chi connectivity index (χ2v) is 6.19. The van der Waals surface area contributed by atoms with E-state index in [0.717, 1.165) is 5.82 Å². The molecule has 0 atom stereocenters. The van der Waals surface area contributed by atoms with Crippen molar-refractivity contribution in [2.45, 2.75) is 20.3 Å². The molecule has 0 spiro atoms. The first-order valence-electron chi connectivity index (χ1n) is 7.63. The van der Waals surface area contributed by atoms with Gasteiger partial charge in [-0.1, -0.05) is 24.8 Å². The molecule has 5 nitrogen and oxygen atoms in total. The number of aromatic nitrogens is 2. The van der Waals surface area contributed by atoms with E-state index < -0.39 is 0 Å². The maximum Gasteiger partial charge on any atom is 0.279 e. The van der Waals surface area contributed by atoms with Crippen LogP contribution in [0.15, 0.2) is 30.6 Å². The van der Waals surface area contributed by atoms with Crippen LogP contribution >= 0.6 is 0 Å². The van der Waals surface area contributed by atoms with Crippen LogP contribution < -0.4 is 4.90 Å². The highest BCUT2D eigenvalue weighted by atomic mass is 16.2. The van der Waals surface area contributed by atoms with Crippen LogP contribution in [0.3, 0.4) is 0 Å². The summed E-state index contributed by atoms with van der Waals surface area (Å²) in [5.74, 6) is 2.13. The second kappa shape index (κ2) is 5.26. The largest absolute Gasteiger partial charge is 0.325 e. The first-order chi connectivity index (χ1) is 10.8. The summed E-state index contributed by atoms with van der Waals surface area (Å²) < 4.78 is 1.90. The van der Waals surface area contributed by atoms with Crippen molar-refractivity contribution in [3.63, 3.8) is 0 Å². The predicted molar refractivity (Wildman–Crippen MR) is 91.6 cm³/mol. The van der Waals surface area contributed by atoms with E-state index in [2.05, 4.69) is 38.6 Å². The van der Waals surface area contributed by atoms with Gasteiger partial charge in [0.15, 0.2) is 11.5 Å². The number of anilines is 1. The van der Waals surface area contributed by atoms with Gasteiger partial charge in [0, 0.05) is 27.6 Å². The summed E-state index contributed by atoms with van der Waals surface area (Å²) in [7, 11) is 5.52. The highest BCUT2D eigenvalue weighted by Crippen LogP contribution is 2.30. The summed E-state index contributed by atoms with van der Waals surface area (Å²) in [6.07, 6.45) is 0.696. The maximum absolute atomic E-state index is 12.5. The lowest BCUT2D eigenvalue weighted by atomic mass is 10.0. The third-order valence-electron chi connectivity index (χ3n) is 4.70. The van der Waals surface area contributed by atoms with Crippen molar-refractivity contribution in [1.29, 1.82) is 0 Å². The van der Waals surface area contributed by atoms with E-state index in [-0.39, 0.29) is 5.91 Å². The number of fused-ring (bicyclic) bond motifs is 1. The molecule has 0 saturated carbocycles. The lowest BCUT2D eigenvalue weighted by Gasteiger charge is -2.32. The zero-order valence-corrected chi connectivity index (χ0v) is 14.3. The van der Waals surface area contributed by atoms with Gasteiger partial charge in [-0.15, -0.1) is 0 Å². The number of carbonyl (C=O) groups is 1. The molecular formula is C18H22N4O. The standard InChI is InChI=1S/C18H22N4O/c1-11-7-8-14(9-12(11)2)10-15-19-17-16(22(15)6)18(23)21(5)13(3)20(17)4/h7-9H,3,10H2,1-2,4-6H3. The molecule has 120 valence electrons. The smallest absolute Gasteiger partial charge is 0.279 e. The average Bonchev–Trinajstić information content (AvgIpc) is 2.84. The van der Waals surface area contributed by atoms with E-state index in [9.17, 15) is 4.79 Å². The molecule has 1 aromatic carbocycles. The fourth-order valence-corrected chi connectivity index (χ4v) is 2.88. The summed E-state index contributed by atoms with van der Waals surface area (Å²) in [5.41, 5.74) is 4.35. The molecule has 0 bridgehead atoms. The van der Waals surface area contributed by atoms with Crippen LogP contribution in [0, 0.1) is 13.8 Å². The Balaban J connectivity index is 2.03. The van der Waals surface area contributed by atoms with Gasteiger partial charge in [-0.3, -0.25) is 9.69 Å². The summed E-state index contributed by atoms with van der Waals surface area (Å²) in [5, 5.41) is 0. The predicted octanol–water partition coefficient (Wildman–Crippen LogP) is 2.62. The number of hydrogen-bond donors (Lipinski definition) is 0. The van der Waals surface area contributed by atoms with Gasteiger partial charge in [0.25, 0.3) is 5.91 Å². The molecule has 0 radical (unpaired) electrons. The molecule has 0 fully saturated rings. The van der Waals surface area contributed by atoms with Gasteiger partial charge < -0.3 is 9.47 Å². The quantitative estimate of drug-likeness (QED) is 0.856. The Bertz CT molecular complexity index is 819. The summed E-state index contributed by atoms with van der Waals surface area (Å²) in [6.45, 7) is 8.17. The molecule has 0 N–H and O–H groups in total. The van der Waals surface area contributed by atoms with Crippen LogP contribution in [0.2, 0.25) is 0 Å². The highest BCUT2D eigenvalue weighted by molar-refractivity contribution is 6.01. The van der Waals surface area contributed by atoms with Crippen molar-refractivity contribution < 1.29 is 4.79 Å². The van der Waals surface area contributed by atoms with E-state index in [0.29, 0.717) is 23.8 Å². The zero-order valence-electron chi connectivity index (χ0n) is 14.3. The van der Waals surface area contributed by atoms with Gasteiger partial charge in [0.2, 0.25) is 0 Å². The summed E-state index contributed by atoms with van der Waals surface area (Å²) in [4.78, 5) is 20.7. The zero-order chi connectivity index (χ0) is 16.9. The molecule has 1 aliphatic rings. The van der Waals surface area contributed by atoms with Gasteiger partial charge in [-0.2, -0.15) is 0 Å². The molecule has 3 rings (SSSR count). The normalized spacial score (nSPS) is 14.5. The lowest BCUT2D eigenvalue weighted by Crippen LogP contribution is -2.40. The molecule has 1 aliphatic heterocycles. The number of imidazole rings is 1. The molecule has 2 heterocycles. The van der Waals surface area contributed by atoms with Crippen molar-refractivity contribution in [2.75, 3.05) is 19.0 Å². The van der Waals surface area contributed by atoms with Crippen molar-refractivity contribution in [3.05, 3.63) is 58.8 Å². The Hall–Kier alpha value is -2.56. The first kappa shape index (κ1) is 15.3. The van der Waals surface area contributed by atoms with Gasteiger partial charge in [0.1, 0.15) is 11.6 Å². The molecule has 0 aliphatic carbocycles. The fourth-order valence-electron chi connectivity index (χ4n) is 2.88. The third kappa shape index (κ3) is 2.32. The molecule has 23 heavy (non-hydrogen) atoms. The SMILES string of the molecule is C=C1N(C)C(=O)c2c(nc(Cc3ccc(C)c(C)c3)n2C)N1C. The molecule has 0 saturated heterocycles. The average molecular weight is 310 g/mol. The molecule has 5 heteroatoms. The van der Waals surface area contributed by atoms with E-state index in [1.54, 1.807) is 11.9 Å². The number of aryl methyl sites for hydroxylation is 2. The van der Waals surface area contributed by atoms with Crippen molar-refractivity contribution in [1.82, 2.24) is 14.5 Å². The van der Waals surface area contributed by atoms with Gasteiger partial charge in [-0.25, -0.2) is 4.98 Å². The van der Waals surface area contributed by atoms with Crippen LogP contribution in [0.4, 0.5) is 5.82 Å². The van der Waals surface area contributed by atoms with Gasteiger partial charge in [0.05, 0.1) is 0 Å². The fraction of sp³-hybridized carbons (Fsp3) is 0.333. The summed E-state index contributed by atoms with van der Waals surface area (Å²) in [6, 6.07) is 6.42. The van der Waals surface area contributed by atoms with Crippen molar-refractivity contribution >= 4 is 11.7 Å². The molecular weight excluding hydrogens is 288 g/mol. The van der Waals surface area contributed by atoms with Crippen LogP contribution in [-0.2, 0) is 13.5 Å². The number of nitrogens with zero attached hydrogens (tertiary/aromatic N) is 4. The second-order valence-electron chi connectivity index (χ2n) is 6.19. The number of benzene rings is 1. The summed E-state index contributed by atoms with van der Waals surface area (Å²) >= 11 is 0. The van der Waals surface area contributed by atoms with Gasteiger partial charge >= 0.3 is 0 Å². The number of rotatable bonds is 2. The minimum atomic E-state index is -0.0653. The number of carbonyl (C=O) groups excluding carboxylic acids is 1. The lowest BCUT2D eigenvalue weighted by molar-refractivity contribution is 0.0816. The molecule has 1 aromatic heterocycles. The molecule has 0 unspecified atom stereocenters. The Labute approximate surface area is 136 Å². The van der Waals surface area contributed by atoms with Gasteiger partial charge in [-0.05, 0) is 30.5 Å². The Morgan fingerprint density at radius 2 is 1.78 bits per heavy atom. The minimum absolute atomic E-state index is 0.0653. The van der Waals surface area contributed by atoms with E-state index >= 15 is 0 Å². The number of hydrogen-bond acceptors (Lipinski definition) is 3. The van der Waals surface area contributed by atoms with Crippen LogP contribution in [-0.4, -0.2) is 34.5 Å². The number of amides is 1. The van der Waals surface area contributed by atoms with E-state index in [4.69, 9.17) is 4.98 Å². The highest BCUT2D eigenvalue weighted by Gasteiger charge is 2.33. The van der Waals surface area contributed by atoms with Crippen molar-refractivity contribution in [2.24, 2.45) is 7.05 Å². The third-order valence-corrected chi connectivity index (χ3v) is 4.70. The van der Waals surface area contributed by atoms with Crippen molar-refractivity contribution in [3.8, 4) is 0 Å². The Morgan fingerprint density at radius 1 is 1.09 bits per heavy atom. The Kier molecular flexibility index (Phi) is 3.51. The molecule has 2 aromatic rings. The first-order valence-corrected chi connectivity index (χ1v) is 7.63. The topological polar surface area (TPSA) is 41.4 Å². The van der Waals surface area contributed by atoms with Crippen LogP contribution in [0.5, 0.6) is 0 Å². The Morgan fingerprint density at radius 3 is 2.43 bits per heavy atom.